The highest BCUT2D eigenvalue weighted by Crippen LogP contribution is 2.42. The zero-order valence-electron chi connectivity index (χ0n) is 15.3. The maximum Gasteiger partial charge on any atom is 0.0790 e. The number of aliphatic hydroxyl groups is 1. The molecule has 4 nitrogen and oxygen atoms in total. The van der Waals surface area contributed by atoms with Crippen LogP contribution in [0.2, 0.25) is 0 Å². The molecule has 2 N–H and O–H groups in total. The van der Waals surface area contributed by atoms with Crippen molar-refractivity contribution >= 4 is 0 Å². The van der Waals surface area contributed by atoms with Crippen molar-refractivity contribution in [3.63, 3.8) is 0 Å². The van der Waals surface area contributed by atoms with Gasteiger partial charge in [0.15, 0.2) is 0 Å². The van der Waals surface area contributed by atoms with Crippen LogP contribution in [0.1, 0.15) is 55.4 Å². The van der Waals surface area contributed by atoms with E-state index >= 15 is 0 Å². The van der Waals surface area contributed by atoms with Crippen LogP contribution >= 0.6 is 0 Å². The zero-order chi connectivity index (χ0) is 16.5. The van der Waals surface area contributed by atoms with Gasteiger partial charge >= 0.3 is 0 Å². The lowest BCUT2D eigenvalue weighted by atomic mass is 9.82. The molecule has 0 saturated carbocycles. The molecule has 1 rings (SSSR count). The van der Waals surface area contributed by atoms with E-state index in [1.807, 2.05) is 13.8 Å². The SMILES string of the molecule is CCNC1C(CN(CC)CC(C)(C)O)C(C)(C)OC1(C)C. The van der Waals surface area contributed by atoms with Crippen molar-refractivity contribution < 1.29 is 9.84 Å². The quantitative estimate of drug-likeness (QED) is 0.757. The van der Waals surface area contributed by atoms with E-state index < -0.39 is 5.60 Å². The number of nitrogens with zero attached hydrogens (tertiary/aromatic N) is 1. The summed E-state index contributed by atoms with van der Waals surface area (Å²) in [5.41, 5.74) is -0.996. The Kier molecular flexibility index (Phi) is 5.87. The third kappa shape index (κ3) is 4.92. The van der Waals surface area contributed by atoms with E-state index in [0.29, 0.717) is 18.5 Å². The van der Waals surface area contributed by atoms with Crippen molar-refractivity contribution in [2.24, 2.45) is 5.92 Å². The van der Waals surface area contributed by atoms with Crippen LogP contribution < -0.4 is 5.32 Å². The molecule has 0 aromatic rings. The molecular weight excluding hydrogens is 264 g/mol. The molecule has 0 radical (unpaired) electrons. The highest BCUT2D eigenvalue weighted by Gasteiger charge is 2.53. The fourth-order valence-electron chi connectivity index (χ4n) is 3.77. The van der Waals surface area contributed by atoms with Crippen molar-refractivity contribution in [3.8, 4) is 0 Å². The Balaban J connectivity index is 2.90. The van der Waals surface area contributed by atoms with Gasteiger partial charge in [-0.1, -0.05) is 13.8 Å². The molecule has 4 heteroatoms. The lowest BCUT2D eigenvalue weighted by Gasteiger charge is -2.36. The number of ether oxygens (including phenoxy) is 1. The Bertz CT molecular complexity index is 334. The molecule has 2 unspecified atom stereocenters. The molecule has 0 bridgehead atoms. The molecule has 1 aliphatic rings. The Hall–Kier alpha value is -0.160. The fraction of sp³-hybridized carbons (Fsp3) is 1.00. The first kappa shape index (κ1) is 18.9. The predicted octanol–water partition coefficient (Wildman–Crippen LogP) is 2.26. The lowest BCUT2D eigenvalue weighted by molar-refractivity contribution is -0.0807. The van der Waals surface area contributed by atoms with Gasteiger partial charge in [0.05, 0.1) is 16.8 Å². The molecule has 126 valence electrons. The summed E-state index contributed by atoms with van der Waals surface area (Å²) < 4.78 is 6.34. The number of hydrogen-bond acceptors (Lipinski definition) is 4. The van der Waals surface area contributed by atoms with Crippen molar-refractivity contribution in [1.82, 2.24) is 10.2 Å². The van der Waals surface area contributed by atoms with Crippen LogP contribution in [0.4, 0.5) is 0 Å². The van der Waals surface area contributed by atoms with Gasteiger partial charge in [-0.05, 0) is 54.6 Å². The molecule has 0 amide bonds. The van der Waals surface area contributed by atoms with E-state index in [2.05, 4.69) is 51.8 Å². The molecule has 21 heavy (non-hydrogen) atoms. The van der Waals surface area contributed by atoms with Gasteiger partial charge in [0, 0.05) is 25.0 Å². The Morgan fingerprint density at radius 2 is 1.71 bits per heavy atom. The first-order chi connectivity index (χ1) is 9.43. The third-order valence-corrected chi connectivity index (χ3v) is 4.51. The molecule has 2 atom stereocenters. The monoisotopic (exact) mass is 300 g/mol. The summed E-state index contributed by atoms with van der Waals surface area (Å²) in [4.78, 5) is 2.33. The highest BCUT2D eigenvalue weighted by atomic mass is 16.5. The van der Waals surface area contributed by atoms with Gasteiger partial charge in [0.1, 0.15) is 0 Å². The number of rotatable bonds is 7. The Morgan fingerprint density at radius 1 is 1.14 bits per heavy atom. The minimum atomic E-state index is -0.664. The predicted molar refractivity (Wildman–Crippen MR) is 88.6 cm³/mol. The first-order valence-electron chi connectivity index (χ1n) is 8.31. The van der Waals surface area contributed by atoms with E-state index in [9.17, 15) is 5.11 Å². The number of likely N-dealkylation sites (N-methyl/N-ethyl adjacent to an activating group) is 2. The van der Waals surface area contributed by atoms with Crippen molar-refractivity contribution in [3.05, 3.63) is 0 Å². The van der Waals surface area contributed by atoms with Gasteiger partial charge in [-0.25, -0.2) is 0 Å². The average molecular weight is 300 g/mol. The average Bonchev–Trinajstić information content (AvgIpc) is 2.44. The van der Waals surface area contributed by atoms with E-state index in [-0.39, 0.29) is 11.2 Å². The Morgan fingerprint density at radius 3 is 2.14 bits per heavy atom. The van der Waals surface area contributed by atoms with Crippen LogP contribution in [0.15, 0.2) is 0 Å². The van der Waals surface area contributed by atoms with Gasteiger partial charge in [0.2, 0.25) is 0 Å². The topological polar surface area (TPSA) is 44.7 Å². The molecule has 1 saturated heterocycles. The van der Waals surface area contributed by atoms with Gasteiger partial charge in [-0.3, -0.25) is 0 Å². The molecular formula is C17H36N2O2. The minimum absolute atomic E-state index is 0.163. The van der Waals surface area contributed by atoms with Crippen molar-refractivity contribution in [2.75, 3.05) is 26.2 Å². The van der Waals surface area contributed by atoms with Gasteiger partial charge in [-0.2, -0.15) is 0 Å². The third-order valence-electron chi connectivity index (χ3n) is 4.51. The summed E-state index contributed by atoms with van der Waals surface area (Å²) in [6.45, 7) is 20.3. The largest absolute Gasteiger partial charge is 0.389 e. The molecule has 1 fully saturated rings. The van der Waals surface area contributed by atoms with Crippen molar-refractivity contribution in [2.45, 2.75) is 78.2 Å². The molecule has 0 spiro atoms. The second-order valence-corrected chi connectivity index (χ2v) is 8.09. The normalized spacial score (nSPS) is 28.3. The molecule has 0 aliphatic carbocycles. The van der Waals surface area contributed by atoms with Crippen LogP contribution in [0, 0.1) is 5.92 Å². The summed E-state index contributed by atoms with van der Waals surface area (Å²) in [5.74, 6) is 0.398. The van der Waals surface area contributed by atoms with Crippen LogP contribution in [0.5, 0.6) is 0 Å². The second kappa shape index (κ2) is 6.53. The van der Waals surface area contributed by atoms with E-state index in [0.717, 1.165) is 19.6 Å². The van der Waals surface area contributed by atoms with E-state index in [1.54, 1.807) is 0 Å². The van der Waals surface area contributed by atoms with Crippen LogP contribution in [0.25, 0.3) is 0 Å². The summed E-state index contributed by atoms with van der Waals surface area (Å²) in [5, 5.41) is 13.7. The minimum Gasteiger partial charge on any atom is -0.389 e. The smallest absolute Gasteiger partial charge is 0.0790 e. The van der Waals surface area contributed by atoms with Gasteiger partial charge in [-0.15, -0.1) is 0 Å². The maximum absolute atomic E-state index is 10.1. The zero-order valence-corrected chi connectivity index (χ0v) is 15.3. The lowest BCUT2D eigenvalue weighted by Crippen LogP contribution is -2.52. The van der Waals surface area contributed by atoms with Crippen LogP contribution in [0.3, 0.4) is 0 Å². The fourth-order valence-corrected chi connectivity index (χ4v) is 3.77. The highest BCUT2D eigenvalue weighted by molar-refractivity contribution is 5.06. The second-order valence-electron chi connectivity index (χ2n) is 8.09. The van der Waals surface area contributed by atoms with Gasteiger partial charge in [0.25, 0.3) is 0 Å². The Labute approximate surface area is 131 Å². The van der Waals surface area contributed by atoms with E-state index in [1.165, 1.54) is 0 Å². The molecule has 1 aliphatic heterocycles. The molecule has 1 heterocycles. The van der Waals surface area contributed by atoms with E-state index in [4.69, 9.17) is 4.74 Å². The molecule has 0 aromatic carbocycles. The van der Waals surface area contributed by atoms with Crippen molar-refractivity contribution in [1.29, 1.82) is 0 Å². The summed E-state index contributed by atoms with van der Waals surface area (Å²) in [6, 6.07) is 0.327. The number of hydrogen-bond donors (Lipinski definition) is 2. The summed E-state index contributed by atoms with van der Waals surface area (Å²) >= 11 is 0. The summed E-state index contributed by atoms with van der Waals surface area (Å²) in [6.07, 6.45) is 0. The first-order valence-corrected chi connectivity index (χ1v) is 8.31. The number of nitrogens with one attached hydrogen (secondary N) is 1. The molecule has 0 aromatic heterocycles. The standard InChI is InChI=1S/C17H36N2O2/c1-9-18-14-13(16(5,6)21-17(14,7)8)11-19(10-2)12-15(3,4)20/h13-14,18,20H,9-12H2,1-8H3. The maximum atomic E-state index is 10.1. The summed E-state index contributed by atoms with van der Waals surface area (Å²) in [7, 11) is 0. The van der Waals surface area contributed by atoms with Gasteiger partial charge < -0.3 is 20.1 Å². The van der Waals surface area contributed by atoms with Crippen LogP contribution in [-0.4, -0.2) is 59.0 Å². The van der Waals surface area contributed by atoms with Crippen LogP contribution in [-0.2, 0) is 4.74 Å².